The number of hydrogen-bond donors (Lipinski definition) is 1. The van der Waals surface area contributed by atoms with E-state index in [2.05, 4.69) is 20.3 Å². The van der Waals surface area contributed by atoms with Gasteiger partial charge in [-0.25, -0.2) is 14.4 Å². The van der Waals surface area contributed by atoms with E-state index in [9.17, 15) is 4.39 Å². The predicted molar refractivity (Wildman–Crippen MR) is 74.9 cm³/mol. The van der Waals surface area contributed by atoms with E-state index in [4.69, 9.17) is 0 Å². The molecule has 0 fully saturated rings. The van der Waals surface area contributed by atoms with Crippen molar-refractivity contribution in [1.29, 1.82) is 0 Å². The number of hydrogen-bond acceptors (Lipinski definition) is 5. The Bertz CT molecular complexity index is 753. The molecule has 0 spiro atoms. The molecule has 0 saturated carbocycles. The number of thiophene rings is 1. The highest BCUT2D eigenvalue weighted by Gasteiger charge is 2.13. The fraction of sp³-hybridized carbons (Fsp3) is 0.154. The second kappa shape index (κ2) is 4.55. The monoisotopic (exact) mass is 274 g/mol. The van der Waals surface area contributed by atoms with Gasteiger partial charge in [0.05, 0.1) is 17.1 Å². The highest BCUT2D eigenvalue weighted by atomic mass is 32.1. The standard InChI is InChI=1S/C13H11FN4S/c1-7-5-9-11(15-2)17-12(18-13(9)19-7)8-3-4-16-6-10(8)14/h3-6H,1-2H3,(H,15,17,18). The van der Waals surface area contributed by atoms with Crippen LogP contribution in [0.3, 0.4) is 0 Å². The Morgan fingerprint density at radius 2 is 2.16 bits per heavy atom. The van der Waals surface area contributed by atoms with Crippen LogP contribution in [-0.4, -0.2) is 22.0 Å². The number of nitrogens with one attached hydrogen (secondary N) is 1. The van der Waals surface area contributed by atoms with Gasteiger partial charge in [-0.2, -0.15) is 0 Å². The summed E-state index contributed by atoms with van der Waals surface area (Å²) in [5.74, 6) is 0.663. The lowest BCUT2D eigenvalue weighted by atomic mass is 10.2. The van der Waals surface area contributed by atoms with Crippen LogP contribution in [-0.2, 0) is 0 Å². The first kappa shape index (κ1) is 12.0. The van der Waals surface area contributed by atoms with Crippen LogP contribution in [0.5, 0.6) is 0 Å². The third-order valence-corrected chi connectivity index (χ3v) is 3.71. The highest BCUT2D eigenvalue weighted by Crippen LogP contribution is 2.31. The Labute approximate surface area is 113 Å². The van der Waals surface area contributed by atoms with Crippen molar-refractivity contribution in [2.75, 3.05) is 12.4 Å². The summed E-state index contributed by atoms with van der Waals surface area (Å²) >= 11 is 1.57. The SMILES string of the molecule is CNc1nc(-c2ccncc2F)nc2sc(C)cc12. The molecular formula is C13H11FN4S. The summed E-state index contributed by atoms with van der Waals surface area (Å²) in [4.78, 5) is 14.5. The van der Waals surface area contributed by atoms with Crippen molar-refractivity contribution in [3.05, 3.63) is 35.2 Å². The third-order valence-electron chi connectivity index (χ3n) is 2.77. The van der Waals surface area contributed by atoms with Gasteiger partial charge >= 0.3 is 0 Å². The molecule has 3 aromatic heterocycles. The molecule has 0 aliphatic carbocycles. The minimum atomic E-state index is -0.419. The fourth-order valence-corrected chi connectivity index (χ4v) is 2.79. The molecule has 0 aromatic carbocycles. The second-order valence-electron chi connectivity index (χ2n) is 4.08. The zero-order valence-corrected chi connectivity index (χ0v) is 11.3. The molecule has 0 saturated heterocycles. The number of fused-ring (bicyclic) bond motifs is 1. The van der Waals surface area contributed by atoms with Crippen molar-refractivity contribution in [3.8, 4) is 11.4 Å². The average Bonchev–Trinajstić information content (AvgIpc) is 2.78. The molecule has 96 valence electrons. The molecule has 0 bridgehead atoms. The van der Waals surface area contributed by atoms with Gasteiger partial charge in [-0.05, 0) is 19.1 Å². The maximum atomic E-state index is 13.8. The molecule has 3 aromatic rings. The topological polar surface area (TPSA) is 50.7 Å². The van der Waals surface area contributed by atoms with E-state index in [1.165, 1.54) is 12.4 Å². The molecule has 0 aliphatic heterocycles. The first-order chi connectivity index (χ1) is 9.19. The van der Waals surface area contributed by atoms with Crippen LogP contribution in [0.2, 0.25) is 0 Å². The molecule has 0 radical (unpaired) electrons. The van der Waals surface area contributed by atoms with E-state index in [1.54, 1.807) is 24.5 Å². The Balaban J connectivity index is 2.28. The lowest BCUT2D eigenvalue weighted by Crippen LogP contribution is -1.98. The normalized spacial score (nSPS) is 10.9. The zero-order chi connectivity index (χ0) is 13.4. The maximum Gasteiger partial charge on any atom is 0.166 e. The minimum Gasteiger partial charge on any atom is -0.372 e. The molecule has 0 atom stereocenters. The lowest BCUT2D eigenvalue weighted by molar-refractivity contribution is 0.624. The van der Waals surface area contributed by atoms with Crippen LogP contribution in [0.15, 0.2) is 24.5 Å². The Morgan fingerprint density at radius 3 is 2.89 bits per heavy atom. The zero-order valence-electron chi connectivity index (χ0n) is 10.4. The van der Waals surface area contributed by atoms with Gasteiger partial charge in [0.15, 0.2) is 11.6 Å². The second-order valence-corrected chi connectivity index (χ2v) is 5.31. The Hall–Kier alpha value is -2.08. The van der Waals surface area contributed by atoms with E-state index >= 15 is 0 Å². The molecule has 1 N–H and O–H groups in total. The van der Waals surface area contributed by atoms with Crippen LogP contribution < -0.4 is 5.32 Å². The van der Waals surface area contributed by atoms with Crippen LogP contribution in [0.25, 0.3) is 21.6 Å². The fourth-order valence-electron chi connectivity index (χ4n) is 1.91. The van der Waals surface area contributed by atoms with Gasteiger partial charge < -0.3 is 5.32 Å². The predicted octanol–water partition coefficient (Wildman–Crippen LogP) is 3.24. The number of aromatic nitrogens is 3. The van der Waals surface area contributed by atoms with Gasteiger partial charge in [-0.15, -0.1) is 11.3 Å². The van der Waals surface area contributed by atoms with Crippen molar-refractivity contribution in [2.24, 2.45) is 0 Å². The third kappa shape index (κ3) is 2.04. The molecule has 0 unspecified atom stereocenters. The summed E-state index contributed by atoms with van der Waals surface area (Å²) in [6.45, 7) is 2.01. The van der Waals surface area contributed by atoms with E-state index in [0.29, 0.717) is 17.2 Å². The van der Waals surface area contributed by atoms with Gasteiger partial charge in [0, 0.05) is 18.1 Å². The quantitative estimate of drug-likeness (QED) is 0.779. The van der Waals surface area contributed by atoms with Gasteiger partial charge in [-0.3, -0.25) is 4.98 Å². The summed E-state index contributed by atoms with van der Waals surface area (Å²) in [5, 5.41) is 3.99. The number of pyridine rings is 1. The lowest BCUT2D eigenvalue weighted by Gasteiger charge is -2.05. The Kier molecular flexibility index (Phi) is 2.87. The number of anilines is 1. The van der Waals surface area contributed by atoms with E-state index in [0.717, 1.165) is 15.1 Å². The molecule has 3 rings (SSSR count). The van der Waals surface area contributed by atoms with E-state index < -0.39 is 5.82 Å². The minimum absolute atomic E-state index is 0.361. The molecule has 0 amide bonds. The summed E-state index contributed by atoms with van der Waals surface area (Å²) in [7, 11) is 1.79. The van der Waals surface area contributed by atoms with E-state index in [-0.39, 0.29) is 0 Å². The van der Waals surface area contributed by atoms with Crippen LogP contribution >= 0.6 is 11.3 Å². The van der Waals surface area contributed by atoms with Gasteiger partial charge in [0.25, 0.3) is 0 Å². The largest absolute Gasteiger partial charge is 0.372 e. The first-order valence-electron chi connectivity index (χ1n) is 5.75. The van der Waals surface area contributed by atoms with Crippen molar-refractivity contribution in [3.63, 3.8) is 0 Å². The number of aryl methyl sites for hydroxylation is 1. The highest BCUT2D eigenvalue weighted by molar-refractivity contribution is 7.18. The molecule has 4 nitrogen and oxygen atoms in total. The summed E-state index contributed by atoms with van der Waals surface area (Å²) in [6, 6.07) is 3.61. The van der Waals surface area contributed by atoms with Crippen molar-refractivity contribution in [1.82, 2.24) is 15.0 Å². The maximum absolute atomic E-state index is 13.8. The van der Waals surface area contributed by atoms with E-state index in [1.807, 2.05) is 13.0 Å². The first-order valence-corrected chi connectivity index (χ1v) is 6.56. The molecule has 0 aliphatic rings. The van der Waals surface area contributed by atoms with Gasteiger partial charge in [-0.1, -0.05) is 0 Å². The summed E-state index contributed by atoms with van der Waals surface area (Å²) in [6.07, 6.45) is 2.70. The van der Waals surface area contributed by atoms with Gasteiger partial charge in [0.2, 0.25) is 0 Å². The summed E-state index contributed by atoms with van der Waals surface area (Å²) in [5.41, 5.74) is 0.361. The van der Waals surface area contributed by atoms with Crippen LogP contribution in [0.4, 0.5) is 10.2 Å². The van der Waals surface area contributed by atoms with Crippen molar-refractivity contribution >= 4 is 27.4 Å². The number of rotatable bonds is 2. The van der Waals surface area contributed by atoms with Crippen molar-refractivity contribution in [2.45, 2.75) is 6.92 Å². The molecule has 6 heteroatoms. The summed E-state index contributed by atoms with van der Waals surface area (Å²) < 4.78 is 13.8. The number of halogens is 1. The van der Waals surface area contributed by atoms with Crippen LogP contribution in [0, 0.1) is 12.7 Å². The molecular weight excluding hydrogens is 263 g/mol. The van der Waals surface area contributed by atoms with Gasteiger partial charge in [0.1, 0.15) is 10.6 Å². The smallest absolute Gasteiger partial charge is 0.166 e. The van der Waals surface area contributed by atoms with Crippen molar-refractivity contribution < 1.29 is 4.39 Å². The number of nitrogens with zero attached hydrogens (tertiary/aromatic N) is 3. The Morgan fingerprint density at radius 1 is 1.32 bits per heavy atom. The average molecular weight is 274 g/mol. The molecule has 19 heavy (non-hydrogen) atoms. The van der Waals surface area contributed by atoms with Crippen LogP contribution in [0.1, 0.15) is 4.88 Å². The molecule has 3 heterocycles.